The number of nitrogens with one attached hydrogen (secondary N) is 1. The third-order valence-corrected chi connectivity index (χ3v) is 10.5. The molecule has 9 heteroatoms. The Morgan fingerprint density at radius 3 is 2.56 bits per heavy atom. The van der Waals surface area contributed by atoms with Gasteiger partial charge in [0.2, 0.25) is 5.88 Å². The van der Waals surface area contributed by atoms with Crippen molar-refractivity contribution in [3.63, 3.8) is 0 Å². The van der Waals surface area contributed by atoms with Crippen molar-refractivity contribution in [1.29, 1.82) is 0 Å². The summed E-state index contributed by atoms with van der Waals surface area (Å²) in [5.74, 6) is 1.15. The maximum absolute atomic E-state index is 6.50. The first-order valence-corrected chi connectivity index (χ1v) is 13.5. The number of ether oxygens (including phenoxy) is 1. The molecular weight excluding hydrogens is 400 g/mol. The van der Waals surface area contributed by atoms with E-state index in [-0.39, 0.29) is 17.2 Å². The Balaban J connectivity index is 1.88. The summed E-state index contributed by atoms with van der Waals surface area (Å²) in [4.78, 5) is 13.5. The number of pyridine rings is 1. The topological polar surface area (TPSA) is 69.2 Å². The van der Waals surface area contributed by atoms with E-state index >= 15 is 0 Å². The molecule has 1 aliphatic rings. The van der Waals surface area contributed by atoms with Crippen LogP contribution in [0.1, 0.15) is 27.2 Å². The predicted octanol–water partition coefficient (Wildman–Crippen LogP) is 4.98. The van der Waals surface area contributed by atoms with Gasteiger partial charge in [0.25, 0.3) is 0 Å². The van der Waals surface area contributed by atoms with Crippen LogP contribution in [-0.4, -0.2) is 48.8 Å². The number of hydrogen-bond donors (Lipinski definition) is 1. The number of rotatable bonds is 6. The van der Waals surface area contributed by atoms with Gasteiger partial charge in [-0.15, -0.1) is 0 Å². The molecule has 2 atom stereocenters. The minimum atomic E-state index is -1.79. The second kappa shape index (κ2) is 7.38. The van der Waals surface area contributed by atoms with Crippen LogP contribution in [0, 0.1) is 0 Å². The minimum absolute atomic E-state index is 0.192. The normalized spacial score (nSPS) is 20.0. The summed E-state index contributed by atoms with van der Waals surface area (Å²) in [7, 11) is -0.218. The Morgan fingerprint density at radius 1 is 1.26 bits per heavy atom. The summed E-state index contributed by atoms with van der Waals surface area (Å²) in [6.07, 6.45) is 3.13. The van der Waals surface area contributed by atoms with Gasteiger partial charge in [-0.3, -0.25) is 0 Å². The van der Waals surface area contributed by atoms with Gasteiger partial charge in [-0.1, -0.05) is 44.1 Å². The van der Waals surface area contributed by atoms with E-state index in [1.165, 1.54) is 11.8 Å². The average molecular weight is 427 g/mol. The minimum Gasteiger partial charge on any atom is -0.480 e. The number of methoxy groups -OCH3 is 1. The molecule has 1 saturated carbocycles. The zero-order chi connectivity index (χ0) is 20.0. The smallest absolute Gasteiger partial charge is 0.227 e. The number of hydrogen-bond acceptors (Lipinski definition) is 7. The van der Waals surface area contributed by atoms with Crippen molar-refractivity contribution in [2.24, 2.45) is 0 Å². The predicted molar refractivity (Wildman–Crippen MR) is 115 cm³/mol. The first-order chi connectivity index (χ1) is 12.6. The van der Waals surface area contributed by atoms with Crippen molar-refractivity contribution in [1.82, 2.24) is 15.0 Å². The van der Waals surface area contributed by atoms with Gasteiger partial charge in [-0.05, 0) is 30.8 Å². The summed E-state index contributed by atoms with van der Waals surface area (Å²) < 4.78 is 11.9. The number of halogens is 1. The monoisotopic (exact) mass is 426 g/mol. The first kappa shape index (κ1) is 20.6. The molecule has 6 nitrogen and oxygen atoms in total. The van der Waals surface area contributed by atoms with Crippen LogP contribution < -0.4 is 10.1 Å². The lowest BCUT2D eigenvalue weighted by Crippen LogP contribution is -2.42. The van der Waals surface area contributed by atoms with Crippen molar-refractivity contribution in [3.8, 4) is 5.88 Å². The molecule has 0 aliphatic heterocycles. The second-order valence-corrected chi connectivity index (χ2v) is 14.2. The fourth-order valence-electron chi connectivity index (χ4n) is 2.60. The van der Waals surface area contributed by atoms with Gasteiger partial charge in [0.15, 0.2) is 13.5 Å². The van der Waals surface area contributed by atoms with E-state index in [0.29, 0.717) is 16.2 Å². The van der Waals surface area contributed by atoms with E-state index in [4.69, 9.17) is 20.8 Å². The lowest BCUT2D eigenvalue weighted by atomic mass is 10.2. The highest BCUT2D eigenvalue weighted by molar-refractivity contribution is 7.98. The Bertz CT molecular complexity index is 859. The van der Waals surface area contributed by atoms with E-state index in [9.17, 15) is 0 Å². The summed E-state index contributed by atoms with van der Waals surface area (Å²) in [5.41, 5.74) is 0.719. The first-order valence-electron chi connectivity index (χ1n) is 8.96. The lowest BCUT2D eigenvalue weighted by Gasteiger charge is -2.36. The fourth-order valence-corrected chi connectivity index (χ4v) is 4.52. The number of aromatic nitrogens is 3. The van der Waals surface area contributed by atoms with Crippen molar-refractivity contribution < 1.29 is 9.16 Å². The molecule has 1 fully saturated rings. The van der Waals surface area contributed by atoms with Crippen LogP contribution in [0.4, 0.5) is 5.82 Å². The van der Waals surface area contributed by atoms with Crippen molar-refractivity contribution >= 4 is 48.4 Å². The number of anilines is 1. The summed E-state index contributed by atoms with van der Waals surface area (Å²) in [6, 6.07) is 1.97. The molecule has 2 unspecified atom stereocenters. The van der Waals surface area contributed by atoms with E-state index < -0.39 is 8.32 Å². The van der Waals surface area contributed by atoms with Crippen molar-refractivity contribution in [2.75, 3.05) is 18.7 Å². The molecule has 148 valence electrons. The number of nitrogens with zero attached hydrogens (tertiary/aromatic N) is 3. The van der Waals surface area contributed by atoms with Crippen LogP contribution >= 0.6 is 23.4 Å². The summed E-state index contributed by atoms with van der Waals surface area (Å²) >= 11 is 7.60. The Morgan fingerprint density at radius 2 is 1.96 bits per heavy atom. The molecule has 2 aromatic heterocycles. The molecule has 1 N–H and O–H groups in total. The molecule has 1 aliphatic carbocycles. The Labute approximate surface area is 170 Å². The SMILES string of the molecule is COc1nc(Cl)cc2nc(SC)nc(NC3CC3O[Si](C)(C)C(C)(C)C)c12. The molecule has 3 rings (SSSR count). The Hall–Kier alpha value is -1.09. The lowest BCUT2D eigenvalue weighted by molar-refractivity contribution is 0.270. The van der Waals surface area contributed by atoms with Crippen LogP contribution in [-0.2, 0) is 4.43 Å². The van der Waals surface area contributed by atoms with Gasteiger partial charge < -0.3 is 14.5 Å². The van der Waals surface area contributed by atoms with Gasteiger partial charge >= 0.3 is 0 Å². The molecule has 0 bridgehead atoms. The average Bonchev–Trinajstić information content (AvgIpc) is 3.28. The van der Waals surface area contributed by atoms with E-state index in [1.807, 2.05) is 6.26 Å². The van der Waals surface area contributed by atoms with Gasteiger partial charge in [0.1, 0.15) is 16.4 Å². The second-order valence-electron chi connectivity index (χ2n) is 8.31. The third kappa shape index (κ3) is 4.34. The van der Waals surface area contributed by atoms with E-state index in [0.717, 1.165) is 23.1 Å². The fraction of sp³-hybridized carbons (Fsp3) is 0.611. The quantitative estimate of drug-likeness (QED) is 0.302. The summed E-state index contributed by atoms with van der Waals surface area (Å²) in [6.45, 7) is 11.3. The van der Waals surface area contributed by atoms with Gasteiger partial charge in [-0.2, -0.15) is 0 Å². The molecule has 27 heavy (non-hydrogen) atoms. The zero-order valence-corrected chi connectivity index (χ0v) is 19.5. The van der Waals surface area contributed by atoms with Crippen LogP contribution in [0.5, 0.6) is 5.88 Å². The molecule has 0 aromatic carbocycles. The highest BCUT2D eigenvalue weighted by atomic mass is 35.5. The molecule has 2 heterocycles. The standard InChI is InChI=1S/C18H27ClN4O2SSi/c1-18(2,3)27(6,7)25-12-8-10(12)20-15-14-11(21-17(23-15)26-5)9-13(19)22-16(14)24-4/h9-10,12H,8H2,1-7H3,(H,20,21,23). The molecule has 0 spiro atoms. The van der Waals surface area contributed by atoms with Crippen LogP contribution in [0.2, 0.25) is 23.3 Å². The third-order valence-electron chi connectivity index (χ3n) is 5.28. The van der Waals surface area contributed by atoms with Crippen molar-refractivity contribution in [3.05, 3.63) is 11.2 Å². The largest absolute Gasteiger partial charge is 0.480 e. The zero-order valence-electron chi connectivity index (χ0n) is 16.9. The van der Waals surface area contributed by atoms with E-state index in [2.05, 4.69) is 54.1 Å². The molecular formula is C18H27ClN4O2SSi. The molecule has 0 radical (unpaired) electrons. The molecule has 2 aromatic rings. The maximum Gasteiger partial charge on any atom is 0.227 e. The molecule has 0 saturated heterocycles. The number of fused-ring (bicyclic) bond motifs is 1. The van der Waals surface area contributed by atoms with Crippen LogP contribution in [0.25, 0.3) is 10.9 Å². The highest BCUT2D eigenvalue weighted by Crippen LogP contribution is 2.42. The maximum atomic E-state index is 6.50. The number of thioether (sulfide) groups is 1. The summed E-state index contributed by atoms with van der Waals surface area (Å²) in [5, 5.41) is 5.49. The van der Waals surface area contributed by atoms with Crippen LogP contribution in [0.3, 0.4) is 0 Å². The van der Waals surface area contributed by atoms with Crippen LogP contribution in [0.15, 0.2) is 11.2 Å². The molecule has 0 amide bonds. The van der Waals surface area contributed by atoms with Gasteiger partial charge in [-0.25, -0.2) is 15.0 Å². The van der Waals surface area contributed by atoms with E-state index in [1.54, 1.807) is 13.2 Å². The Kier molecular flexibility index (Phi) is 5.64. The van der Waals surface area contributed by atoms with Gasteiger partial charge in [0.05, 0.1) is 24.8 Å². The van der Waals surface area contributed by atoms with Gasteiger partial charge in [0, 0.05) is 6.07 Å². The van der Waals surface area contributed by atoms with Crippen molar-refractivity contribution in [2.45, 2.75) is 62.6 Å². The highest BCUT2D eigenvalue weighted by Gasteiger charge is 2.47.